The first-order chi connectivity index (χ1) is 13.7. The Balaban J connectivity index is 1.57. The van der Waals surface area contributed by atoms with Gasteiger partial charge < -0.3 is 10.6 Å². The highest BCUT2D eigenvalue weighted by atomic mass is 32.2. The lowest BCUT2D eigenvalue weighted by Gasteiger charge is -2.16. The summed E-state index contributed by atoms with van der Waals surface area (Å²) in [5, 5.41) is 6.63. The van der Waals surface area contributed by atoms with Crippen molar-refractivity contribution < 1.29 is 9.59 Å². The average Bonchev–Trinajstić information content (AvgIpc) is 3.14. The third-order valence-corrected chi connectivity index (χ3v) is 6.00. The second kappa shape index (κ2) is 10.2. The Bertz CT molecular complexity index is 895. The maximum absolute atomic E-state index is 12.4. The Labute approximate surface area is 172 Å². The SMILES string of the molecule is CSCC[C@H](NC(=O)CNC(=O)Cc1ccccc1)c1nc2ccccc2s1. The standard InChI is InChI=1S/C21H23N3O2S2/c1-27-12-11-17(21-24-16-9-5-6-10-18(16)28-21)23-20(26)14-22-19(25)13-15-7-3-2-4-8-15/h2-10,17H,11-14H2,1H3,(H,22,25)(H,23,26)/t17-/m0/s1. The maximum atomic E-state index is 12.4. The van der Waals surface area contributed by atoms with Crippen LogP contribution in [0.3, 0.4) is 0 Å². The third kappa shape index (κ3) is 5.81. The van der Waals surface area contributed by atoms with E-state index in [4.69, 9.17) is 0 Å². The lowest BCUT2D eigenvalue weighted by atomic mass is 10.1. The van der Waals surface area contributed by atoms with E-state index < -0.39 is 0 Å². The molecule has 0 aliphatic rings. The number of thioether (sulfide) groups is 1. The quantitative estimate of drug-likeness (QED) is 0.563. The van der Waals surface area contributed by atoms with Gasteiger partial charge in [0.25, 0.3) is 0 Å². The lowest BCUT2D eigenvalue weighted by molar-refractivity contribution is -0.126. The van der Waals surface area contributed by atoms with Crippen LogP contribution in [0.25, 0.3) is 10.2 Å². The van der Waals surface area contributed by atoms with Crippen LogP contribution in [-0.2, 0) is 16.0 Å². The van der Waals surface area contributed by atoms with Gasteiger partial charge in [-0.1, -0.05) is 42.5 Å². The van der Waals surface area contributed by atoms with Crippen LogP contribution in [0.2, 0.25) is 0 Å². The number of amides is 2. The highest BCUT2D eigenvalue weighted by Crippen LogP contribution is 2.28. The van der Waals surface area contributed by atoms with E-state index in [1.165, 1.54) is 0 Å². The van der Waals surface area contributed by atoms with Crippen molar-refractivity contribution in [2.75, 3.05) is 18.6 Å². The molecule has 7 heteroatoms. The Morgan fingerprint density at radius 1 is 1.07 bits per heavy atom. The Morgan fingerprint density at radius 3 is 2.57 bits per heavy atom. The van der Waals surface area contributed by atoms with Gasteiger partial charge in [-0.25, -0.2) is 4.98 Å². The molecule has 2 aromatic carbocycles. The van der Waals surface area contributed by atoms with Gasteiger partial charge >= 0.3 is 0 Å². The Kier molecular flexibility index (Phi) is 7.45. The molecule has 0 saturated heterocycles. The number of nitrogens with zero attached hydrogens (tertiary/aromatic N) is 1. The number of fused-ring (bicyclic) bond motifs is 1. The predicted octanol–water partition coefficient (Wildman–Crippen LogP) is 3.57. The van der Waals surface area contributed by atoms with Crippen LogP contribution in [0.4, 0.5) is 0 Å². The first-order valence-electron chi connectivity index (χ1n) is 9.10. The summed E-state index contributed by atoms with van der Waals surface area (Å²) in [6.45, 7) is -0.0354. The molecule has 0 aliphatic heterocycles. The van der Waals surface area contributed by atoms with Crippen molar-refractivity contribution in [2.45, 2.75) is 18.9 Å². The van der Waals surface area contributed by atoms with E-state index in [2.05, 4.69) is 15.6 Å². The molecule has 3 rings (SSSR count). The van der Waals surface area contributed by atoms with Gasteiger partial charge in [0, 0.05) is 0 Å². The van der Waals surface area contributed by atoms with E-state index in [0.717, 1.165) is 33.0 Å². The number of rotatable bonds is 9. The van der Waals surface area contributed by atoms with E-state index >= 15 is 0 Å². The van der Waals surface area contributed by atoms with Crippen LogP contribution in [0.15, 0.2) is 54.6 Å². The van der Waals surface area contributed by atoms with Gasteiger partial charge in [-0.2, -0.15) is 11.8 Å². The van der Waals surface area contributed by atoms with E-state index in [1.807, 2.05) is 60.9 Å². The Morgan fingerprint density at radius 2 is 1.82 bits per heavy atom. The normalized spacial score (nSPS) is 11.9. The van der Waals surface area contributed by atoms with Gasteiger partial charge in [-0.15, -0.1) is 11.3 Å². The first-order valence-corrected chi connectivity index (χ1v) is 11.3. The molecule has 0 spiro atoms. The van der Waals surface area contributed by atoms with Gasteiger partial charge in [0.2, 0.25) is 11.8 Å². The molecule has 0 fully saturated rings. The zero-order valence-electron chi connectivity index (χ0n) is 15.7. The predicted molar refractivity (Wildman–Crippen MR) is 117 cm³/mol. The van der Waals surface area contributed by atoms with Crippen molar-refractivity contribution in [1.82, 2.24) is 15.6 Å². The topological polar surface area (TPSA) is 71.1 Å². The van der Waals surface area contributed by atoms with Crippen molar-refractivity contribution in [2.24, 2.45) is 0 Å². The molecular formula is C21H23N3O2S2. The van der Waals surface area contributed by atoms with Crippen molar-refractivity contribution in [3.63, 3.8) is 0 Å². The summed E-state index contributed by atoms with van der Waals surface area (Å²) in [6.07, 6.45) is 3.10. The van der Waals surface area contributed by atoms with Crippen molar-refractivity contribution in [3.8, 4) is 0 Å². The smallest absolute Gasteiger partial charge is 0.239 e. The van der Waals surface area contributed by atoms with Crippen LogP contribution in [0.1, 0.15) is 23.0 Å². The summed E-state index contributed by atoms with van der Waals surface area (Å²) >= 11 is 3.34. The maximum Gasteiger partial charge on any atom is 0.239 e. The summed E-state index contributed by atoms with van der Waals surface area (Å²) in [5.41, 5.74) is 1.87. The fourth-order valence-corrected chi connectivity index (χ4v) is 4.32. The number of nitrogens with one attached hydrogen (secondary N) is 2. The van der Waals surface area contributed by atoms with Gasteiger partial charge in [0.15, 0.2) is 0 Å². The number of para-hydroxylation sites is 1. The molecule has 0 aliphatic carbocycles. The fourth-order valence-electron chi connectivity index (χ4n) is 2.80. The minimum atomic E-state index is -0.202. The number of benzene rings is 2. The molecule has 0 bridgehead atoms. The van der Waals surface area contributed by atoms with Crippen LogP contribution >= 0.6 is 23.1 Å². The zero-order chi connectivity index (χ0) is 19.8. The number of carbonyl (C=O) groups excluding carboxylic acids is 2. The highest BCUT2D eigenvalue weighted by Gasteiger charge is 2.19. The summed E-state index contributed by atoms with van der Waals surface area (Å²) in [5.74, 6) is 0.551. The minimum Gasteiger partial charge on any atom is -0.347 e. The molecule has 146 valence electrons. The summed E-state index contributed by atoms with van der Waals surface area (Å²) in [7, 11) is 0. The number of hydrogen-bond donors (Lipinski definition) is 2. The van der Waals surface area contributed by atoms with Gasteiger partial charge in [0.05, 0.1) is 29.2 Å². The van der Waals surface area contributed by atoms with Crippen LogP contribution < -0.4 is 10.6 Å². The molecule has 0 radical (unpaired) electrons. The first kappa shape index (κ1) is 20.4. The van der Waals surface area contributed by atoms with Crippen LogP contribution in [-0.4, -0.2) is 35.4 Å². The second-order valence-electron chi connectivity index (χ2n) is 6.36. The molecule has 0 saturated carbocycles. The van der Waals surface area contributed by atoms with E-state index in [9.17, 15) is 9.59 Å². The average molecular weight is 414 g/mol. The molecule has 5 nitrogen and oxygen atoms in total. The largest absolute Gasteiger partial charge is 0.347 e. The molecule has 2 N–H and O–H groups in total. The summed E-state index contributed by atoms with van der Waals surface area (Å²) in [4.78, 5) is 29.1. The van der Waals surface area contributed by atoms with Crippen molar-refractivity contribution in [1.29, 1.82) is 0 Å². The zero-order valence-corrected chi connectivity index (χ0v) is 17.3. The van der Waals surface area contributed by atoms with E-state index in [0.29, 0.717) is 0 Å². The van der Waals surface area contributed by atoms with Crippen molar-refractivity contribution in [3.05, 3.63) is 65.2 Å². The monoisotopic (exact) mass is 413 g/mol. The molecule has 2 amide bonds. The lowest BCUT2D eigenvalue weighted by Crippen LogP contribution is -2.39. The highest BCUT2D eigenvalue weighted by molar-refractivity contribution is 7.98. The van der Waals surface area contributed by atoms with Crippen LogP contribution in [0.5, 0.6) is 0 Å². The Hall–Kier alpha value is -2.38. The molecule has 1 heterocycles. The van der Waals surface area contributed by atoms with Gasteiger partial charge in [0.1, 0.15) is 5.01 Å². The van der Waals surface area contributed by atoms with E-state index in [1.54, 1.807) is 23.1 Å². The fraction of sp³-hybridized carbons (Fsp3) is 0.286. The summed E-state index contributed by atoms with van der Waals surface area (Å²) < 4.78 is 1.11. The number of aromatic nitrogens is 1. The summed E-state index contributed by atoms with van der Waals surface area (Å²) in [6, 6.07) is 17.3. The number of hydrogen-bond acceptors (Lipinski definition) is 5. The molecule has 0 unspecified atom stereocenters. The van der Waals surface area contributed by atoms with Gasteiger partial charge in [-0.3, -0.25) is 9.59 Å². The number of carbonyl (C=O) groups is 2. The molecular weight excluding hydrogens is 390 g/mol. The minimum absolute atomic E-state index is 0.0354. The van der Waals surface area contributed by atoms with Crippen LogP contribution in [0, 0.1) is 0 Å². The third-order valence-electron chi connectivity index (χ3n) is 4.21. The molecule has 1 atom stereocenters. The van der Waals surface area contributed by atoms with Crippen molar-refractivity contribution >= 4 is 45.1 Å². The van der Waals surface area contributed by atoms with E-state index in [-0.39, 0.29) is 30.8 Å². The second-order valence-corrected chi connectivity index (χ2v) is 8.41. The molecule has 1 aromatic heterocycles. The van der Waals surface area contributed by atoms with Gasteiger partial charge in [-0.05, 0) is 36.1 Å². The number of thiazole rings is 1. The molecule has 28 heavy (non-hydrogen) atoms. The molecule has 3 aromatic rings.